The molecule has 10 heteroatoms. The molecule has 0 radical (unpaired) electrons. The van der Waals surface area contributed by atoms with E-state index in [4.69, 9.17) is 0 Å². The van der Waals surface area contributed by atoms with Gasteiger partial charge in [-0.3, -0.25) is 4.79 Å². The first-order valence-corrected chi connectivity index (χ1v) is 12.2. The SMILES string of the molecule is O=C(NS(=O)(=O)c1cc(S(=O)(=O)c2ccccc2)cs1)c1c[nH]c2ccccc12. The van der Waals surface area contributed by atoms with Gasteiger partial charge in [-0.1, -0.05) is 36.4 Å². The summed E-state index contributed by atoms with van der Waals surface area (Å²) in [6.07, 6.45) is 1.43. The zero-order chi connectivity index (χ0) is 20.6. The largest absolute Gasteiger partial charge is 0.360 e. The molecule has 0 unspecified atom stereocenters. The summed E-state index contributed by atoms with van der Waals surface area (Å²) in [5, 5.41) is 1.83. The molecule has 0 saturated heterocycles. The topological polar surface area (TPSA) is 113 Å². The summed E-state index contributed by atoms with van der Waals surface area (Å²) in [5.41, 5.74) is 0.875. The summed E-state index contributed by atoms with van der Waals surface area (Å²) in [5.74, 6) is -0.802. The van der Waals surface area contributed by atoms with Crippen LogP contribution in [0.2, 0.25) is 0 Å². The Morgan fingerprint density at radius 2 is 1.59 bits per heavy atom. The number of fused-ring (bicyclic) bond motifs is 1. The van der Waals surface area contributed by atoms with Gasteiger partial charge in [0.2, 0.25) is 9.84 Å². The van der Waals surface area contributed by atoms with E-state index in [0.29, 0.717) is 10.9 Å². The minimum Gasteiger partial charge on any atom is -0.360 e. The molecular weight excluding hydrogens is 432 g/mol. The van der Waals surface area contributed by atoms with Gasteiger partial charge >= 0.3 is 0 Å². The maximum absolute atomic E-state index is 12.6. The Balaban J connectivity index is 1.63. The van der Waals surface area contributed by atoms with Gasteiger partial charge in [-0.2, -0.15) is 0 Å². The molecule has 2 aromatic heterocycles. The number of hydrogen-bond acceptors (Lipinski definition) is 6. The van der Waals surface area contributed by atoms with E-state index in [0.717, 1.165) is 17.4 Å². The number of hydrogen-bond donors (Lipinski definition) is 2. The summed E-state index contributed by atoms with van der Waals surface area (Å²) in [7, 11) is -8.09. The van der Waals surface area contributed by atoms with Crippen molar-refractivity contribution in [2.75, 3.05) is 0 Å². The summed E-state index contributed by atoms with van der Waals surface area (Å²) < 4.78 is 52.3. The Morgan fingerprint density at radius 3 is 2.34 bits per heavy atom. The van der Waals surface area contributed by atoms with E-state index in [9.17, 15) is 21.6 Å². The van der Waals surface area contributed by atoms with Gasteiger partial charge in [0.25, 0.3) is 15.9 Å². The van der Waals surface area contributed by atoms with E-state index in [1.165, 1.54) is 23.7 Å². The average molecular weight is 447 g/mol. The predicted octanol–water partition coefficient (Wildman–Crippen LogP) is 3.18. The second-order valence-corrected chi connectivity index (χ2v) is 10.9. The van der Waals surface area contributed by atoms with Crippen LogP contribution in [0, 0.1) is 0 Å². The Labute approximate surface area is 171 Å². The molecule has 2 heterocycles. The Kier molecular flexibility index (Phi) is 4.77. The van der Waals surface area contributed by atoms with Crippen LogP contribution in [-0.4, -0.2) is 27.7 Å². The monoisotopic (exact) mass is 446 g/mol. The zero-order valence-corrected chi connectivity index (χ0v) is 17.1. The highest BCUT2D eigenvalue weighted by Crippen LogP contribution is 2.28. The van der Waals surface area contributed by atoms with Crippen molar-refractivity contribution in [3.8, 4) is 0 Å². The van der Waals surface area contributed by atoms with Gasteiger partial charge in [0.1, 0.15) is 4.21 Å². The van der Waals surface area contributed by atoms with Crippen molar-refractivity contribution < 1.29 is 21.6 Å². The summed E-state index contributed by atoms with van der Waals surface area (Å²) >= 11 is 0.731. The lowest BCUT2D eigenvalue weighted by Gasteiger charge is -2.04. The number of carbonyl (C=O) groups excluding carboxylic acids is 1. The Bertz CT molecular complexity index is 1420. The van der Waals surface area contributed by atoms with E-state index in [1.54, 1.807) is 42.5 Å². The molecule has 0 spiro atoms. The van der Waals surface area contributed by atoms with Crippen molar-refractivity contribution in [2.24, 2.45) is 0 Å². The number of rotatable bonds is 5. The molecule has 0 aliphatic rings. The number of sulfone groups is 1. The number of aromatic amines is 1. The van der Waals surface area contributed by atoms with Crippen LogP contribution in [-0.2, 0) is 19.9 Å². The second kappa shape index (κ2) is 7.14. The molecule has 7 nitrogen and oxygen atoms in total. The van der Waals surface area contributed by atoms with Gasteiger partial charge in [0, 0.05) is 22.5 Å². The van der Waals surface area contributed by atoms with E-state index < -0.39 is 25.8 Å². The third-order valence-corrected chi connectivity index (χ3v) is 8.91. The number of carbonyl (C=O) groups is 1. The lowest BCUT2D eigenvalue weighted by molar-refractivity contribution is 0.0983. The van der Waals surface area contributed by atoms with E-state index in [-0.39, 0.29) is 19.6 Å². The smallest absolute Gasteiger partial charge is 0.273 e. The molecule has 0 aliphatic heterocycles. The lowest BCUT2D eigenvalue weighted by atomic mass is 10.2. The van der Waals surface area contributed by atoms with E-state index in [2.05, 4.69) is 4.98 Å². The number of aromatic nitrogens is 1. The average Bonchev–Trinajstić information content (AvgIpc) is 3.36. The van der Waals surface area contributed by atoms with Crippen molar-refractivity contribution in [3.63, 3.8) is 0 Å². The molecule has 4 rings (SSSR count). The molecule has 0 bridgehead atoms. The van der Waals surface area contributed by atoms with Gasteiger partial charge in [-0.05, 0) is 24.3 Å². The summed E-state index contributed by atoms with van der Waals surface area (Å²) in [6, 6.07) is 15.7. The van der Waals surface area contributed by atoms with Gasteiger partial charge < -0.3 is 4.98 Å². The second-order valence-electron chi connectivity index (χ2n) is 6.10. The van der Waals surface area contributed by atoms with Crippen LogP contribution in [0.25, 0.3) is 10.9 Å². The first kappa shape index (κ1) is 19.4. The molecule has 2 N–H and O–H groups in total. The highest BCUT2D eigenvalue weighted by Gasteiger charge is 2.26. The highest BCUT2D eigenvalue weighted by atomic mass is 32.2. The minimum atomic E-state index is -4.24. The molecule has 0 aliphatic carbocycles. The molecule has 29 heavy (non-hydrogen) atoms. The van der Waals surface area contributed by atoms with E-state index in [1.807, 2.05) is 4.72 Å². The fourth-order valence-electron chi connectivity index (χ4n) is 2.80. The third-order valence-electron chi connectivity index (χ3n) is 4.24. The van der Waals surface area contributed by atoms with Crippen LogP contribution in [0.5, 0.6) is 0 Å². The molecule has 1 amide bonds. The fraction of sp³-hybridized carbons (Fsp3) is 0. The lowest BCUT2D eigenvalue weighted by Crippen LogP contribution is -2.29. The van der Waals surface area contributed by atoms with E-state index >= 15 is 0 Å². The van der Waals surface area contributed by atoms with Crippen LogP contribution in [0.3, 0.4) is 0 Å². The number of benzene rings is 2. The van der Waals surface area contributed by atoms with Gasteiger partial charge in [0.05, 0.1) is 15.4 Å². The summed E-state index contributed by atoms with van der Waals surface area (Å²) in [4.78, 5) is 15.3. The number of thiophene rings is 1. The first-order chi connectivity index (χ1) is 13.8. The standard InChI is InChI=1S/C19H14N2O5S3/c22-19(16-11-20-17-9-5-4-8-15(16)17)21-29(25,26)18-10-14(12-27-18)28(23,24)13-6-2-1-3-7-13/h1-12,20H,(H,21,22). The number of nitrogens with one attached hydrogen (secondary N) is 2. The van der Waals surface area contributed by atoms with Gasteiger partial charge in [-0.25, -0.2) is 21.6 Å². The van der Waals surface area contributed by atoms with Gasteiger partial charge in [0.15, 0.2) is 0 Å². The quantitative estimate of drug-likeness (QED) is 0.489. The number of sulfonamides is 1. The van der Waals surface area contributed by atoms with Crippen molar-refractivity contribution in [1.82, 2.24) is 9.71 Å². The van der Waals surface area contributed by atoms with Gasteiger partial charge in [-0.15, -0.1) is 11.3 Å². The number of amides is 1. The van der Waals surface area contributed by atoms with Crippen molar-refractivity contribution in [3.05, 3.63) is 77.8 Å². The molecule has 2 aromatic carbocycles. The molecular formula is C19H14N2O5S3. The minimum absolute atomic E-state index is 0.0598. The molecule has 0 atom stereocenters. The molecule has 148 valence electrons. The van der Waals surface area contributed by atoms with Crippen LogP contribution < -0.4 is 4.72 Å². The van der Waals surface area contributed by atoms with Crippen molar-refractivity contribution >= 4 is 48.0 Å². The maximum Gasteiger partial charge on any atom is 0.273 e. The van der Waals surface area contributed by atoms with Crippen LogP contribution >= 0.6 is 11.3 Å². The van der Waals surface area contributed by atoms with Crippen molar-refractivity contribution in [1.29, 1.82) is 0 Å². The highest BCUT2D eigenvalue weighted by molar-refractivity contribution is 7.93. The van der Waals surface area contributed by atoms with Crippen LogP contribution in [0.15, 0.2) is 86.2 Å². The van der Waals surface area contributed by atoms with Crippen molar-refractivity contribution in [2.45, 2.75) is 14.0 Å². The zero-order valence-electron chi connectivity index (χ0n) is 14.7. The molecule has 4 aromatic rings. The Morgan fingerprint density at radius 1 is 0.897 bits per heavy atom. The normalized spacial score (nSPS) is 12.1. The predicted molar refractivity (Wildman–Crippen MR) is 109 cm³/mol. The maximum atomic E-state index is 12.6. The number of para-hydroxylation sites is 1. The van der Waals surface area contributed by atoms with Crippen LogP contribution in [0.1, 0.15) is 10.4 Å². The van der Waals surface area contributed by atoms with Crippen LogP contribution in [0.4, 0.5) is 0 Å². The summed E-state index contributed by atoms with van der Waals surface area (Å²) in [6.45, 7) is 0. The third kappa shape index (κ3) is 3.57. The fourth-order valence-corrected chi connectivity index (χ4v) is 6.67. The first-order valence-electron chi connectivity index (χ1n) is 8.31. The molecule has 0 fully saturated rings. The molecule has 0 saturated carbocycles. The number of H-pyrrole nitrogens is 1. The Hall–Kier alpha value is -2.95.